The molecule has 0 bridgehead atoms. The summed E-state index contributed by atoms with van der Waals surface area (Å²) in [6.45, 7) is 2.27. The van der Waals surface area contributed by atoms with Gasteiger partial charge in [-0.05, 0) is 18.9 Å². The smallest absolute Gasteiger partial charge is 0.171 e. The molecule has 100 valence electrons. The monoisotopic (exact) mass is 264 g/mol. The molecule has 0 aliphatic heterocycles. The molecule has 1 rings (SSSR count). The van der Waals surface area contributed by atoms with E-state index in [1.54, 1.807) is 0 Å². The minimum Gasteiger partial charge on any atom is -0.696 e. The van der Waals surface area contributed by atoms with Gasteiger partial charge in [0.15, 0.2) is 12.4 Å². The molecule has 3 heteroatoms. The zero-order chi connectivity index (χ0) is 13.6. The van der Waals surface area contributed by atoms with Crippen molar-refractivity contribution in [3.63, 3.8) is 0 Å². The van der Waals surface area contributed by atoms with Crippen LogP contribution in [0.25, 0.3) is 0 Å². The summed E-state index contributed by atoms with van der Waals surface area (Å²) in [6, 6.07) is 4.36. The average molecular weight is 264 g/mol. The molecule has 0 amide bonds. The van der Waals surface area contributed by atoms with Crippen LogP contribution in [-0.2, 0) is 26.1 Å². The molecule has 1 aromatic heterocycles. The van der Waals surface area contributed by atoms with Gasteiger partial charge in [-0.3, -0.25) is 0 Å². The van der Waals surface area contributed by atoms with Crippen molar-refractivity contribution < 1.29 is 4.57 Å². The number of pyridine rings is 1. The highest BCUT2D eigenvalue weighted by molar-refractivity contribution is 7.64. The lowest BCUT2D eigenvalue weighted by molar-refractivity contribution is -0.671. The van der Waals surface area contributed by atoms with Crippen LogP contribution in [0.3, 0.4) is 0 Å². The van der Waals surface area contributed by atoms with Crippen molar-refractivity contribution in [2.45, 2.75) is 51.9 Å². The first kappa shape index (κ1) is 16.9. The predicted molar refractivity (Wildman–Crippen MR) is 77.7 cm³/mol. The molecule has 0 radical (unpaired) electrons. The summed E-state index contributed by atoms with van der Waals surface area (Å²) < 4.78 is 2.13. The van der Waals surface area contributed by atoms with Crippen molar-refractivity contribution in [3.8, 4) is 5.40 Å². The Morgan fingerprint density at radius 3 is 2.44 bits per heavy atom. The van der Waals surface area contributed by atoms with Crippen LogP contribution in [0.1, 0.15) is 51.0 Å². The van der Waals surface area contributed by atoms with Crippen molar-refractivity contribution in [1.82, 2.24) is 0 Å². The number of hydrogen-bond acceptors (Lipinski definition) is 2. The number of aromatic nitrogens is 1. The van der Waals surface area contributed by atoms with E-state index in [0.717, 1.165) is 0 Å². The maximum absolute atomic E-state index is 7.13. The van der Waals surface area contributed by atoms with E-state index in [0.29, 0.717) is 0 Å². The fourth-order valence-corrected chi connectivity index (χ4v) is 1.91. The summed E-state index contributed by atoms with van der Waals surface area (Å²) in [4.78, 5) is 0. The summed E-state index contributed by atoms with van der Waals surface area (Å²) in [6.07, 6.45) is 13.9. The summed E-state index contributed by atoms with van der Waals surface area (Å²) in [5.41, 5.74) is 1.47. The van der Waals surface area contributed by atoms with Crippen molar-refractivity contribution in [2.75, 3.05) is 0 Å². The van der Waals surface area contributed by atoms with Crippen LogP contribution < -0.4 is 4.57 Å². The first-order chi connectivity index (χ1) is 8.74. The van der Waals surface area contributed by atoms with Gasteiger partial charge < -0.3 is 12.6 Å². The third kappa shape index (κ3) is 10.0. The Morgan fingerprint density at radius 2 is 1.83 bits per heavy atom. The second kappa shape index (κ2) is 12.3. The number of thiocyanates is 1. The van der Waals surface area contributed by atoms with Crippen LogP contribution in [0.4, 0.5) is 0 Å². The molecule has 0 aromatic carbocycles. The number of nitrogens with zero attached hydrogens (tertiary/aromatic N) is 2. The first-order valence-electron chi connectivity index (χ1n) is 6.70. The standard InChI is InChI=1S/C14H24N.CHNS/c1-3-4-5-6-7-8-10-14-11-9-12-15(2)13-14;2-1-3/h9,11-13H,3-8,10H2,1-2H3;3H/q+1;/p-1. The normalized spacial score (nSPS) is 9.17. The molecule has 0 spiro atoms. The third-order valence-electron chi connectivity index (χ3n) is 2.82. The van der Waals surface area contributed by atoms with E-state index >= 15 is 0 Å². The quantitative estimate of drug-likeness (QED) is 0.326. The Balaban J connectivity index is 0.000000873. The molecule has 0 fully saturated rings. The van der Waals surface area contributed by atoms with E-state index in [-0.39, 0.29) is 0 Å². The molecule has 0 aliphatic rings. The second-order valence-corrected chi connectivity index (χ2v) is 4.67. The van der Waals surface area contributed by atoms with Gasteiger partial charge in [-0.15, -0.1) is 0 Å². The number of rotatable bonds is 7. The summed E-state index contributed by atoms with van der Waals surface area (Å²) in [5, 5.41) is 8.47. The van der Waals surface area contributed by atoms with Gasteiger partial charge in [-0.25, -0.2) is 9.83 Å². The van der Waals surface area contributed by atoms with Crippen molar-refractivity contribution in [3.05, 3.63) is 30.1 Å². The van der Waals surface area contributed by atoms with Gasteiger partial charge >= 0.3 is 0 Å². The molecule has 0 saturated carbocycles. The fraction of sp³-hybridized carbons (Fsp3) is 0.600. The topological polar surface area (TPSA) is 27.7 Å². The molecule has 0 atom stereocenters. The van der Waals surface area contributed by atoms with Gasteiger partial charge in [0.25, 0.3) is 0 Å². The van der Waals surface area contributed by atoms with Crippen LogP contribution in [0, 0.1) is 10.7 Å². The van der Waals surface area contributed by atoms with Gasteiger partial charge in [0, 0.05) is 11.6 Å². The van der Waals surface area contributed by atoms with Crippen molar-refractivity contribution in [2.24, 2.45) is 7.05 Å². The fourth-order valence-electron chi connectivity index (χ4n) is 1.91. The zero-order valence-corrected chi connectivity index (χ0v) is 12.4. The molecular weight excluding hydrogens is 240 g/mol. The lowest BCUT2D eigenvalue weighted by Gasteiger charge is -2.00. The number of hydrogen-bond donors (Lipinski definition) is 0. The average Bonchev–Trinajstić information content (AvgIpc) is 2.35. The molecule has 1 heterocycles. The van der Waals surface area contributed by atoms with E-state index in [4.69, 9.17) is 5.26 Å². The maximum Gasteiger partial charge on any atom is 0.171 e. The predicted octanol–water partition coefficient (Wildman–Crippen LogP) is 3.43. The highest BCUT2D eigenvalue weighted by Gasteiger charge is 1.97. The molecule has 0 aliphatic carbocycles. The van der Waals surface area contributed by atoms with E-state index in [9.17, 15) is 0 Å². The molecule has 0 N–H and O–H groups in total. The third-order valence-corrected chi connectivity index (χ3v) is 2.82. The molecule has 2 nitrogen and oxygen atoms in total. The molecule has 1 aromatic rings. The van der Waals surface area contributed by atoms with Crippen LogP contribution >= 0.6 is 0 Å². The molecular formula is C15H24N2S. The van der Waals surface area contributed by atoms with E-state index in [2.05, 4.69) is 55.7 Å². The maximum atomic E-state index is 7.13. The van der Waals surface area contributed by atoms with Gasteiger partial charge in [-0.2, -0.15) is 0 Å². The summed E-state index contributed by atoms with van der Waals surface area (Å²) in [5.74, 6) is 0. The lowest BCUT2D eigenvalue weighted by Crippen LogP contribution is -2.26. The Bertz CT molecular complexity index is 345. The molecule has 0 unspecified atom stereocenters. The van der Waals surface area contributed by atoms with Crippen molar-refractivity contribution in [1.29, 1.82) is 5.26 Å². The van der Waals surface area contributed by atoms with Gasteiger partial charge in [0.05, 0.1) is 0 Å². The van der Waals surface area contributed by atoms with E-state index in [1.807, 2.05) is 0 Å². The molecule has 0 saturated heterocycles. The Hall–Kier alpha value is -1.14. The summed E-state index contributed by atoms with van der Waals surface area (Å²) >= 11 is 3.70. The number of aryl methyl sites for hydroxylation is 2. The van der Waals surface area contributed by atoms with Gasteiger partial charge in [0.1, 0.15) is 7.05 Å². The second-order valence-electron chi connectivity index (χ2n) is 4.49. The van der Waals surface area contributed by atoms with Gasteiger partial charge in [0.2, 0.25) is 0 Å². The minimum absolute atomic E-state index is 1.24. The Morgan fingerprint density at radius 1 is 1.22 bits per heavy atom. The number of unbranched alkanes of at least 4 members (excludes halogenated alkanes) is 5. The highest BCUT2D eigenvalue weighted by atomic mass is 32.1. The van der Waals surface area contributed by atoms with Crippen molar-refractivity contribution >= 4 is 12.6 Å². The van der Waals surface area contributed by atoms with E-state index < -0.39 is 0 Å². The van der Waals surface area contributed by atoms with Crippen LogP contribution in [-0.4, -0.2) is 0 Å². The lowest BCUT2D eigenvalue weighted by atomic mass is 10.1. The summed E-state index contributed by atoms with van der Waals surface area (Å²) in [7, 11) is 2.09. The SMILES string of the molecule is CCCCCCCCc1ccc[n+](C)c1.N#C[S-]. The zero-order valence-electron chi connectivity index (χ0n) is 11.6. The van der Waals surface area contributed by atoms with Gasteiger partial charge in [-0.1, -0.05) is 44.4 Å². The van der Waals surface area contributed by atoms with Crippen LogP contribution in [0.2, 0.25) is 0 Å². The minimum atomic E-state index is 1.24. The Kier molecular flexibility index (Phi) is 11.5. The van der Waals surface area contributed by atoms with Crippen LogP contribution in [0.15, 0.2) is 24.5 Å². The van der Waals surface area contributed by atoms with Crippen LogP contribution in [0.5, 0.6) is 0 Å². The first-order valence-corrected chi connectivity index (χ1v) is 7.10. The number of nitriles is 1. The largest absolute Gasteiger partial charge is 0.696 e. The Labute approximate surface area is 117 Å². The molecule has 18 heavy (non-hydrogen) atoms. The highest BCUT2D eigenvalue weighted by Crippen LogP contribution is 2.08. The van der Waals surface area contributed by atoms with E-state index in [1.165, 1.54) is 55.9 Å².